The first-order chi connectivity index (χ1) is 12.7. The van der Waals surface area contributed by atoms with Crippen molar-refractivity contribution in [3.05, 3.63) is 47.1 Å². The smallest absolute Gasteiger partial charge is 0.235 e. The van der Waals surface area contributed by atoms with E-state index in [9.17, 15) is 4.79 Å². The molecule has 26 heavy (non-hydrogen) atoms. The van der Waals surface area contributed by atoms with Crippen LogP contribution in [0.5, 0.6) is 0 Å². The highest BCUT2D eigenvalue weighted by Crippen LogP contribution is 2.36. The van der Waals surface area contributed by atoms with Crippen LogP contribution < -0.4 is 5.32 Å². The first-order valence-electron chi connectivity index (χ1n) is 8.16. The van der Waals surface area contributed by atoms with E-state index in [1.807, 2.05) is 24.3 Å². The lowest BCUT2D eigenvalue weighted by Gasteiger charge is -2.09. The van der Waals surface area contributed by atoms with Gasteiger partial charge in [-0.1, -0.05) is 35.5 Å². The van der Waals surface area contributed by atoms with Crippen molar-refractivity contribution in [2.45, 2.75) is 30.6 Å². The number of hydrogen-bond acceptors (Lipinski definition) is 6. The van der Waals surface area contributed by atoms with E-state index >= 15 is 0 Å². The number of amides is 1. The molecule has 0 saturated heterocycles. The molecule has 3 aromatic rings. The molecular weight excluding hydrogens is 374 g/mol. The van der Waals surface area contributed by atoms with Crippen LogP contribution in [0.3, 0.4) is 0 Å². The predicted octanol–water partition coefficient (Wildman–Crippen LogP) is 2.64. The van der Waals surface area contributed by atoms with Gasteiger partial charge in [0, 0.05) is 11.1 Å². The number of nitrogens with one attached hydrogen (secondary N) is 1. The number of benzene rings is 1. The first-order valence-corrected chi connectivity index (χ1v) is 9.52. The SMILES string of the molecule is O=C(CSc1nnnn1C1CC1)Nc1ccnn1Cc1cccc(Cl)c1. The van der Waals surface area contributed by atoms with Crippen LogP contribution in [0.4, 0.5) is 5.82 Å². The molecule has 10 heteroatoms. The second-order valence-corrected chi connectivity index (χ2v) is 7.36. The van der Waals surface area contributed by atoms with E-state index in [0.29, 0.717) is 28.6 Å². The van der Waals surface area contributed by atoms with Crippen LogP contribution in [0.1, 0.15) is 24.4 Å². The molecule has 2 heterocycles. The van der Waals surface area contributed by atoms with Crippen molar-refractivity contribution in [3.63, 3.8) is 0 Å². The fourth-order valence-electron chi connectivity index (χ4n) is 2.51. The first kappa shape index (κ1) is 17.0. The normalized spacial score (nSPS) is 13.7. The minimum absolute atomic E-state index is 0.131. The molecule has 1 saturated carbocycles. The zero-order valence-corrected chi connectivity index (χ0v) is 15.3. The Balaban J connectivity index is 1.36. The van der Waals surface area contributed by atoms with Crippen LogP contribution >= 0.6 is 23.4 Å². The summed E-state index contributed by atoms with van der Waals surface area (Å²) in [6.45, 7) is 0.524. The number of nitrogens with zero attached hydrogens (tertiary/aromatic N) is 6. The Kier molecular flexibility index (Phi) is 4.89. The predicted molar refractivity (Wildman–Crippen MR) is 98.2 cm³/mol. The van der Waals surface area contributed by atoms with Crippen molar-refractivity contribution < 1.29 is 4.79 Å². The molecule has 1 aliphatic rings. The van der Waals surface area contributed by atoms with Crippen LogP contribution in [0, 0.1) is 0 Å². The summed E-state index contributed by atoms with van der Waals surface area (Å²) in [7, 11) is 0. The third kappa shape index (κ3) is 4.05. The lowest BCUT2D eigenvalue weighted by Crippen LogP contribution is -2.18. The number of carbonyl (C=O) groups excluding carboxylic acids is 1. The zero-order valence-electron chi connectivity index (χ0n) is 13.7. The van der Waals surface area contributed by atoms with Crippen molar-refractivity contribution in [1.82, 2.24) is 30.0 Å². The summed E-state index contributed by atoms with van der Waals surface area (Å²) in [5.41, 5.74) is 1.01. The van der Waals surface area contributed by atoms with Gasteiger partial charge in [0.15, 0.2) is 0 Å². The summed E-state index contributed by atoms with van der Waals surface area (Å²) in [5, 5.41) is 20.1. The van der Waals surface area contributed by atoms with E-state index in [2.05, 4.69) is 25.9 Å². The van der Waals surface area contributed by atoms with Crippen LogP contribution in [0.25, 0.3) is 0 Å². The summed E-state index contributed by atoms with van der Waals surface area (Å²) in [4.78, 5) is 12.3. The summed E-state index contributed by atoms with van der Waals surface area (Å²) < 4.78 is 3.52. The highest BCUT2D eigenvalue weighted by atomic mass is 35.5. The molecule has 1 aliphatic carbocycles. The number of anilines is 1. The topological polar surface area (TPSA) is 90.5 Å². The van der Waals surface area contributed by atoms with Crippen LogP contribution in [0.15, 0.2) is 41.7 Å². The van der Waals surface area contributed by atoms with Crippen molar-refractivity contribution in [1.29, 1.82) is 0 Å². The summed E-state index contributed by atoms with van der Waals surface area (Å²) >= 11 is 7.35. The second kappa shape index (κ2) is 7.46. The van der Waals surface area contributed by atoms with Gasteiger partial charge in [0.25, 0.3) is 0 Å². The molecule has 0 bridgehead atoms. The highest BCUT2D eigenvalue weighted by molar-refractivity contribution is 7.99. The zero-order chi connectivity index (χ0) is 17.9. The molecule has 1 aromatic carbocycles. The molecule has 8 nitrogen and oxygen atoms in total. The Labute approximate surface area is 158 Å². The van der Waals surface area contributed by atoms with Gasteiger partial charge in [-0.25, -0.2) is 9.36 Å². The molecule has 0 atom stereocenters. The molecule has 0 spiro atoms. The van der Waals surface area contributed by atoms with Crippen molar-refractivity contribution in [2.75, 3.05) is 11.1 Å². The Hall–Kier alpha value is -2.39. The van der Waals surface area contributed by atoms with Crippen molar-refractivity contribution >= 4 is 35.1 Å². The van der Waals surface area contributed by atoms with Crippen LogP contribution in [-0.4, -0.2) is 41.6 Å². The number of halogens is 1. The van der Waals surface area contributed by atoms with Crippen LogP contribution in [-0.2, 0) is 11.3 Å². The average molecular weight is 390 g/mol. The van der Waals surface area contributed by atoms with Gasteiger partial charge in [0.1, 0.15) is 5.82 Å². The van der Waals surface area contributed by atoms with E-state index in [4.69, 9.17) is 11.6 Å². The van der Waals surface area contributed by atoms with Gasteiger partial charge in [0.2, 0.25) is 11.1 Å². The van der Waals surface area contributed by atoms with Crippen molar-refractivity contribution in [3.8, 4) is 0 Å². The van der Waals surface area contributed by atoms with Gasteiger partial charge < -0.3 is 5.32 Å². The Bertz CT molecular complexity index is 921. The van der Waals surface area contributed by atoms with E-state index in [1.54, 1.807) is 21.6 Å². The summed E-state index contributed by atoms with van der Waals surface area (Å²) in [6, 6.07) is 9.70. The number of tetrazole rings is 1. The Morgan fingerprint density at radius 1 is 1.35 bits per heavy atom. The molecule has 1 fully saturated rings. The van der Waals surface area contributed by atoms with Gasteiger partial charge in [-0.15, -0.1) is 5.10 Å². The molecule has 0 aliphatic heterocycles. The van der Waals surface area contributed by atoms with Crippen molar-refractivity contribution in [2.24, 2.45) is 0 Å². The Morgan fingerprint density at radius 2 is 2.23 bits per heavy atom. The van der Waals surface area contributed by atoms with Gasteiger partial charge >= 0.3 is 0 Å². The minimum Gasteiger partial charge on any atom is -0.310 e. The minimum atomic E-state index is -0.131. The molecule has 4 rings (SSSR count). The number of hydrogen-bond donors (Lipinski definition) is 1. The van der Waals surface area contributed by atoms with Crippen LogP contribution in [0.2, 0.25) is 5.02 Å². The number of carbonyl (C=O) groups is 1. The maximum absolute atomic E-state index is 12.3. The largest absolute Gasteiger partial charge is 0.310 e. The molecule has 0 radical (unpaired) electrons. The molecule has 2 aromatic heterocycles. The lowest BCUT2D eigenvalue weighted by molar-refractivity contribution is -0.113. The van der Waals surface area contributed by atoms with Gasteiger partial charge in [-0.3, -0.25) is 4.79 Å². The third-order valence-corrected chi connectivity index (χ3v) is 5.06. The van der Waals surface area contributed by atoms with Gasteiger partial charge in [-0.2, -0.15) is 5.10 Å². The second-order valence-electron chi connectivity index (χ2n) is 5.98. The summed E-state index contributed by atoms with van der Waals surface area (Å²) in [5.74, 6) is 0.737. The van der Waals surface area contributed by atoms with E-state index in [1.165, 1.54) is 11.8 Å². The number of thioether (sulfide) groups is 1. The summed E-state index contributed by atoms with van der Waals surface area (Å²) in [6.07, 6.45) is 3.84. The number of rotatable bonds is 7. The highest BCUT2D eigenvalue weighted by Gasteiger charge is 2.28. The average Bonchev–Trinajstić information content (AvgIpc) is 3.20. The fourth-order valence-corrected chi connectivity index (χ4v) is 3.47. The van der Waals surface area contributed by atoms with E-state index in [0.717, 1.165) is 18.4 Å². The van der Waals surface area contributed by atoms with E-state index < -0.39 is 0 Å². The maximum atomic E-state index is 12.3. The van der Waals surface area contributed by atoms with Gasteiger partial charge in [-0.05, 0) is 41.0 Å². The quantitative estimate of drug-likeness (QED) is 0.625. The lowest BCUT2D eigenvalue weighted by atomic mass is 10.2. The molecular formula is C16H16ClN7OS. The maximum Gasteiger partial charge on any atom is 0.235 e. The standard InChI is InChI=1S/C16H16ClN7OS/c17-12-3-1-2-11(8-12)9-23-14(6-7-18-23)19-15(25)10-26-16-20-21-22-24(16)13-4-5-13/h1-3,6-8,13H,4-5,9-10H2,(H,19,25). The molecule has 1 amide bonds. The van der Waals surface area contributed by atoms with Gasteiger partial charge in [0.05, 0.1) is 24.5 Å². The molecule has 1 N–H and O–H groups in total. The monoisotopic (exact) mass is 389 g/mol. The third-order valence-electron chi connectivity index (χ3n) is 3.89. The Morgan fingerprint density at radius 3 is 3.04 bits per heavy atom. The van der Waals surface area contributed by atoms with E-state index in [-0.39, 0.29) is 11.7 Å². The number of aromatic nitrogens is 6. The molecule has 0 unspecified atom stereocenters. The fraction of sp³-hybridized carbons (Fsp3) is 0.312. The molecule has 134 valence electrons.